The van der Waals surface area contributed by atoms with Crippen LogP contribution in [0.1, 0.15) is 45.6 Å². The normalized spacial score (nSPS) is 12.2. The van der Waals surface area contributed by atoms with E-state index in [0.717, 1.165) is 11.8 Å². The molecule has 36 heavy (non-hydrogen) atoms. The van der Waals surface area contributed by atoms with Crippen LogP contribution in [0.3, 0.4) is 0 Å². The number of nitrogens with one attached hydrogen (secondary N) is 1. The molecule has 1 atom stereocenters. The van der Waals surface area contributed by atoms with Gasteiger partial charge in [-0.2, -0.15) is 0 Å². The van der Waals surface area contributed by atoms with Crippen LogP contribution < -0.4 is 14.4 Å². The van der Waals surface area contributed by atoms with Gasteiger partial charge in [-0.25, -0.2) is 8.42 Å². The number of carbonyl (C=O) groups is 2. The second-order valence-electron chi connectivity index (χ2n) is 8.88. The predicted molar refractivity (Wildman–Crippen MR) is 144 cm³/mol. The lowest BCUT2D eigenvalue weighted by Gasteiger charge is -2.31. The Morgan fingerprint density at radius 1 is 1.11 bits per heavy atom. The van der Waals surface area contributed by atoms with Gasteiger partial charge in [0.2, 0.25) is 21.8 Å². The smallest absolute Gasteiger partial charge is 0.243 e. The van der Waals surface area contributed by atoms with Gasteiger partial charge in [-0.3, -0.25) is 13.9 Å². The highest BCUT2D eigenvalue weighted by molar-refractivity contribution is 7.92. The fraction of sp³-hybridized carbons (Fsp3) is 0.462. The minimum absolute atomic E-state index is 0.0682. The Labute approximate surface area is 219 Å². The van der Waals surface area contributed by atoms with E-state index in [2.05, 4.69) is 5.32 Å². The third-order valence-electron chi connectivity index (χ3n) is 5.55. The summed E-state index contributed by atoms with van der Waals surface area (Å²) in [4.78, 5) is 28.0. The first-order valence-corrected chi connectivity index (χ1v) is 14.1. The largest absolute Gasteiger partial charge is 0.497 e. The van der Waals surface area contributed by atoms with Crippen molar-refractivity contribution in [1.29, 1.82) is 0 Å². The molecule has 0 unspecified atom stereocenters. The number of ether oxygens (including phenoxy) is 1. The maximum absolute atomic E-state index is 13.4. The second kappa shape index (κ2) is 13.5. The van der Waals surface area contributed by atoms with Gasteiger partial charge in [0.25, 0.3) is 0 Å². The lowest BCUT2D eigenvalue weighted by atomic mass is 10.1. The predicted octanol–water partition coefficient (Wildman–Crippen LogP) is 4.23. The second-order valence-corrected chi connectivity index (χ2v) is 11.2. The number of sulfonamides is 1. The van der Waals surface area contributed by atoms with Crippen molar-refractivity contribution in [3.8, 4) is 5.75 Å². The van der Waals surface area contributed by atoms with Crippen LogP contribution >= 0.6 is 11.6 Å². The van der Waals surface area contributed by atoms with Crippen molar-refractivity contribution in [3.05, 3.63) is 59.1 Å². The Balaban J connectivity index is 2.24. The highest BCUT2D eigenvalue weighted by Crippen LogP contribution is 2.23. The summed E-state index contributed by atoms with van der Waals surface area (Å²) in [6.45, 7) is 5.93. The maximum atomic E-state index is 13.4. The van der Waals surface area contributed by atoms with Crippen LogP contribution in [0.25, 0.3) is 0 Å². The molecule has 0 spiro atoms. The fourth-order valence-electron chi connectivity index (χ4n) is 3.90. The van der Waals surface area contributed by atoms with Gasteiger partial charge in [0.1, 0.15) is 11.8 Å². The van der Waals surface area contributed by atoms with Crippen molar-refractivity contribution in [1.82, 2.24) is 10.2 Å². The number of hydrogen-bond acceptors (Lipinski definition) is 5. The standard InChI is InChI=1S/C26H36ClN3O5S/c1-6-24(26(32)28-19(2)3)29(18-20-10-7-13-23(16-20)35-4)25(31)14-9-15-30(36(5,33)34)22-12-8-11-21(27)17-22/h7-8,10-13,16-17,19,24H,6,9,14-15,18H2,1-5H3,(H,28,32)/t24-/m1/s1. The van der Waals surface area contributed by atoms with E-state index in [9.17, 15) is 18.0 Å². The van der Waals surface area contributed by atoms with E-state index in [1.54, 1.807) is 36.3 Å². The molecule has 8 nitrogen and oxygen atoms in total. The van der Waals surface area contributed by atoms with Crippen LogP contribution in [0.2, 0.25) is 5.02 Å². The lowest BCUT2D eigenvalue weighted by Crippen LogP contribution is -2.50. The van der Waals surface area contributed by atoms with Crippen LogP contribution in [-0.4, -0.2) is 57.1 Å². The van der Waals surface area contributed by atoms with Crippen molar-refractivity contribution >= 4 is 39.1 Å². The first-order valence-electron chi connectivity index (χ1n) is 11.9. The van der Waals surface area contributed by atoms with Crippen LogP contribution in [0.15, 0.2) is 48.5 Å². The highest BCUT2D eigenvalue weighted by Gasteiger charge is 2.29. The van der Waals surface area contributed by atoms with Gasteiger partial charge in [-0.15, -0.1) is 0 Å². The summed E-state index contributed by atoms with van der Waals surface area (Å²) >= 11 is 6.05. The number of methoxy groups -OCH3 is 1. The molecular formula is C26H36ClN3O5S. The molecule has 2 aromatic rings. The molecule has 10 heteroatoms. The van der Waals surface area contributed by atoms with Crippen LogP contribution in [0.5, 0.6) is 5.75 Å². The molecule has 0 aliphatic heterocycles. The Kier molecular flexibility index (Phi) is 11.0. The van der Waals surface area contributed by atoms with Gasteiger partial charge in [0.15, 0.2) is 0 Å². The zero-order chi connectivity index (χ0) is 26.9. The van der Waals surface area contributed by atoms with E-state index < -0.39 is 16.1 Å². The molecule has 1 N–H and O–H groups in total. The van der Waals surface area contributed by atoms with Gasteiger partial charge >= 0.3 is 0 Å². The number of carbonyl (C=O) groups excluding carboxylic acids is 2. The molecule has 0 aliphatic rings. The number of amides is 2. The third-order valence-corrected chi connectivity index (χ3v) is 6.98. The van der Waals surface area contributed by atoms with Gasteiger partial charge in [0.05, 0.1) is 19.1 Å². The maximum Gasteiger partial charge on any atom is 0.243 e. The summed E-state index contributed by atoms with van der Waals surface area (Å²) in [5.41, 5.74) is 1.27. The topological polar surface area (TPSA) is 96.0 Å². The highest BCUT2D eigenvalue weighted by atomic mass is 35.5. The monoisotopic (exact) mass is 537 g/mol. The number of nitrogens with zero attached hydrogens (tertiary/aromatic N) is 2. The first-order chi connectivity index (χ1) is 17.0. The van der Waals surface area contributed by atoms with Crippen molar-refractivity contribution in [2.75, 3.05) is 24.2 Å². The van der Waals surface area contributed by atoms with Crippen LogP contribution in [-0.2, 0) is 26.2 Å². The quantitative estimate of drug-likeness (QED) is 0.412. The lowest BCUT2D eigenvalue weighted by molar-refractivity contribution is -0.141. The van der Waals surface area contributed by atoms with Crippen molar-refractivity contribution in [3.63, 3.8) is 0 Å². The molecule has 2 rings (SSSR count). The van der Waals surface area contributed by atoms with Crippen LogP contribution in [0.4, 0.5) is 5.69 Å². The molecule has 2 amide bonds. The number of anilines is 1. The minimum atomic E-state index is -3.59. The molecule has 0 saturated carbocycles. The van der Waals surface area contributed by atoms with Crippen molar-refractivity contribution in [2.45, 2.75) is 58.7 Å². The summed E-state index contributed by atoms with van der Waals surface area (Å²) in [5, 5.41) is 3.32. The molecule has 198 valence electrons. The molecule has 0 aliphatic carbocycles. The SMILES string of the molecule is CC[C@H](C(=O)NC(C)C)N(Cc1cccc(OC)c1)C(=O)CCCN(c1cccc(Cl)c1)S(C)(=O)=O. The molecule has 0 heterocycles. The summed E-state index contributed by atoms with van der Waals surface area (Å²) in [6.07, 6.45) is 1.90. The minimum Gasteiger partial charge on any atom is -0.497 e. The fourth-order valence-corrected chi connectivity index (χ4v) is 5.04. The number of hydrogen-bond donors (Lipinski definition) is 1. The Morgan fingerprint density at radius 3 is 2.39 bits per heavy atom. The summed E-state index contributed by atoms with van der Waals surface area (Å²) in [5.74, 6) is 0.202. The molecule has 0 saturated heterocycles. The molecule has 0 fully saturated rings. The number of rotatable bonds is 13. The van der Waals surface area contributed by atoms with Crippen molar-refractivity contribution < 1.29 is 22.7 Å². The Hall–Kier alpha value is -2.78. The molecule has 0 aromatic heterocycles. The van der Waals surface area contributed by atoms with E-state index >= 15 is 0 Å². The average molecular weight is 538 g/mol. The van der Waals surface area contributed by atoms with E-state index in [1.807, 2.05) is 45.0 Å². The molecule has 2 aromatic carbocycles. The van der Waals surface area contributed by atoms with E-state index in [0.29, 0.717) is 22.9 Å². The van der Waals surface area contributed by atoms with Crippen molar-refractivity contribution in [2.24, 2.45) is 0 Å². The van der Waals surface area contributed by atoms with E-state index in [1.165, 1.54) is 4.31 Å². The van der Waals surface area contributed by atoms with Gasteiger partial charge in [0, 0.05) is 30.6 Å². The van der Waals surface area contributed by atoms with E-state index in [-0.39, 0.29) is 43.8 Å². The molecule has 0 radical (unpaired) electrons. The Bertz CT molecular complexity index is 1140. The van der Waals surface area contributed by atoms with Gasteiger partial charge in [-0.05, 0) is 62.6 Å². The molecular weight excluding hydrogens is 502 g/mol. The zero-order valence-corrected chi connectivity index (χ0v) is 23.1. The summed E-state index contributed by atoms with van der Waals surface area (Å²) in [6, 6.07) is 13.2. The first kappa shape index (κ1) is 29.5. The van der Waals surface area contributed by atoms with E-state index in [4.69, 9.17) is 16.3 Å². The van der Waals surface area contributed by atoms with Gasteiger partial charge < -0.3 is 15.0 Å². The van der Waals surface area contributed by atoms with Gasteiger partial charge in [-0.1, -0.05) is 36.7 Å². The van der Waals surface area contributed by atoms with Crippen LogP contribution in [0, 0.1) is 0 Å². The molecule has 0 bridgehead atoms. The summed E-state index contributed by atoms with van der Waals surface area (Å²) in [7, 11) is -2.02. The number of halogens is 1. The summed E-state index contributed by atoms with van der Waals surface area (Å²) < 4.78 is 31.4. The third kappa shape index (κ3) is 8.71. The average Bonchev–Trinajstić information content (AvgIpc) is 2.80. The zero-order valence-electron chi connectivity index (χ0n) is 21.5. The Morgan fingerprint density at radius 2 is 1.81 bits per heavy atom. The number of benzene rings is 2.